The molecule has 45 heavy (non-hydrogen) atoms. The monoisotopic (exact) mass is 635 g/mol. The number of rotatable bonds is 12. The summed E-state index contributed by atoms with van der Waals surface area (Å²) in [6.45, 7) is 5.71. The molecule has 12 heteroatoms. The summed E-state index contributed by atoms with van der Waals surface area (Å²) in [5.74, 6) is 0.593. The van der Waals surface area contributed by atoms with Crippen molar-refractivity contribution >= 4 is 39.2 Å². The maximum atomic E-state index is 13.8. The smallest absolute Gasteiger partial charge is 0.264 e. The van der Waals surface area contributed by atoms with Gasteiger partial charge in [0.05, 0.1) is 22.8 Å². The number of unbranched alkanes of at least 4 members (excludes halogenated alkanes) is 1. The molecule has 1 saturated carbocycles. The molecule has 1 N–H and O–H groups in total. The van der Waals surface area contributed by atoms with Crippen LogP contribution in [0.1, 0.15) is 68.7 Å². The Morgan fingerprint density at radius 3 is 2.53 bits per heavy atom. The molecule has 2 heterocycles. The number of amidine groups is 1. The van der Waals surface area contributed by atoms with Gasteiger partial charge in [-0.1, -0.05) is 61.7 Å². The average Bonchev–Trinajstić information content (AvgIpc) is 3.70. The largest absolute Gasteiger partial charge is 0.375 e. The summed E-state index contributed by atoms with van der Waals surface area (Å²) in [4.78, 5) is 35.2. The van der Waals surface area contributed by atoms with Gasteiger partial charge in [0, 0.05) is 37.3 Å². The number of carbonyl (C=O) groups is 2. The minimum absolute atomic E-state index is 0.00641. The molecule has 2 amide bonds. The number of aliphatic imine (C=N–C) groups is 1. The standard InChI is InChI=1S/C33H41N5O6S/c1-6-7-14-29-34-33(17-10-11-18-33)32(40)38(29)20-24-15-16-25(27(19-24)37(4)30(39)21-43-5)26-12-8-9-13-28(26)45(41,42)36-31-22(2)23(3)35-44-31/h8-9,12-13,15-16,19,36H,6-7,10-11,14,17-18,20-21H2,1-5H3. The Kier molecular flexibility index (Phi) is 9.45. The van der Waals surface area contributed by atoms with Crippen LogP contribution in [0.25, 0.3) is 11.1 Å². The number of benzene rings is 2. The molecule has 1 aliphatic heterocycles. The van der Waals surface area contributed by atoms with Crippen molar-refractivity contribution in [2.24, 2.45) is 4.99 Å². The summed E-state index contributed by atoms with van der Waals surface area (Å²) in [7, 11) is -1.05. The second-order valence-corrected chi connectivity index (χ2v) is 13.5. The van der Waals surface area contributed by atoms with Crippen LogP contribution in [0.5, 0.6) is 0 Å². The fourth-order valence-corrected chi connectivity index (χ4v) is 7.30. The molecule has 0 saturated heterocycles. The highest BCUT2D eigenvalue weighted by Crippen LogP contribution is 2.41. The molecule has 1 spiro atoms. The highest BCUT2D eigenvalue weighted by Gasteiger charge is 2.49. The number of nitrogens with zero attached hydrogens (tertiary/aromatic N) is 4. The first kappa shape index (κ1) is 32.4. The molecular weight excluding hydrogens is 594 g/mol. The molecule has 3 aromatic rings. The number of aryl methyl sites for hydroxylation is 1. The number of amides is 2. The van der Waals surface area contributed by atoms with E-state index in [9.17, 15) is 18.0 Å². The first-order valence-electron chi connectivity index (χ1n) is 15.4. The van der Waals surface area contributed by atoms with Crippen molar-refractivity contribution in [3.63, 3.8) is 0 Å². The van der Waals surface area contributed by atoms with E-state index in [0.717, 1.165) is 56.3 Å². The van der Waals surface area contributed by atoms with Gasteiger partial charge in [0.2, 0.25) is 5.88 Å². The van der Waals surface area contributed by atoms with Gasteiger partial charge in [-0.25, -0.2) is 13.1 Å². The van der Waals surface area contributed by atoms with Gasteiger partial charge in [-0.3, -0.25) is 19.5 Å². The van der Waals surface area contributed by atoms with Gasteiger partial charge in [0.25, 0.3) is 21.8 Å². The Balaban J connectivity index is 1.55. The normalized spacial score (nSPS) is 16.0. The Bertz CT molecular complexity index is 1720. The van der Waals surface area contributed by atoms with Gasteiger partial charge in [0.15, 0.2) is 0 Å². The van der Waals surface area contributed by atoms with E-state index in [1.807, 2.05) is 12.1 Å². The Hall–Kier alpha value is -4.03. The highest BCUT2D eigenvalue weighted by atomic mass is 32.2. The molecule has 1 aromatic heterocycles. The van der Waals surface area contributed by atoms with Crippen LogP contribution in [0.3, 0.4) is 0 Å². The number of anilines is 2. The molecule has 240 valence electrons. The minimum Gasteiger partial charge on any atom is -0.375 e. The van der Waals surface area contributed by atoms with Crippen LogP contribution in [0.4, 0.5) is 11.6 Å². The number of likely N-dealkylation sites (N-methyl/N-ethyl adjacent to an activating group) is 1. The second-order valence-electron chi connectivity index (χ2n) is 11.8. The molecule has 5 rings (SSSR count). The molecule has 0 unspecified atom stereocenters. The summed E-state index contributed by atoms with van der Waals surface area (Å²) in [6, 6.07) is 12.1. The molecule has 0 radical (unpaired) electrons. The summed E-state index contributed by atoms with van der Waals surface area (Å²) in [6.07, 6.45) is 6.16. The molecule has 1 aliphatic carbocycles. The fraction of sp³-hybridized carbons (Fsp3) is 0.455. The van der Waals surface area contributed by atoms with Crippen molar-refractivity contribution in [2.45, 2.75) is 82.7 Å². The van der Waals surface area contributed by atoms with Crippen LogP contribution in [0, 0.1) is 13.8 Å². The fourth-order valence-electron chi connectivity index (χ4n) is 6.03. The second kappa shape index (κ2) is 13.1. The van der Waals surface area contributed by atoms with Gasteiger partial charge in [0.1, 0.15) is 18.0 Å². The minimum atomic E-state index is -4.12. The van der Waals surface area contributed by atoms with E-state index in [2.05, 4.69) is 16.8 Å². The number of hydrogen-bond donors (Lipinski definition) is 1. The lowest BCUT2D eigenvalue weighted by atomic mass is 9.97. The summed E-state index contributed by atoms with van der Waals surface area (Å²) >= 11 is 0. The van der Waals surface area contributed by atoms with E-state index in [-0.39, 0.29) is 29.2 Å². The van der Waals surface area contributed by atoms with Crippen molar-refractivity contribution in [2.75, 3.05) is 30.4 Å². The van der Waals surface area contributed by atoms with Crippen LogP contribution in [-0.2, 0) is 30.9 Å². The zero-order valence-electron chi connectivity index (χ0n) is 26.6. The third-order valence-electron chi connectivity index (χ3n) is 8.74. The highest BCUT2D eigenvalue weighted by molar-refractivity contribution is 7.92. The number of methoxy groups -OCH3 is 1. The molecule has 2 aromatic carbocycles. The Morgan fingerprint density at radius 1 is 1.13 bits per heavy atom. The van der Waals surface area contributed by atoms with Crippen LogP contribution in [0.15, 0.2) is 56.9 Å². The van der Waals surface area contributed by atoms with Crippen LogP contribution in [0.2, 0.25) is 0 Å². The number of hydrogen-bond acceptors (Lipinski definition) is 8. The topological polar surface area (TPSA) is 134 Å². The third-order valence-corrected chi connectivity index (χ3v) is 10.1. The number of carbonyl (C=O) groups excluding carboxylic acids is 2. The SMILES string of the molecule is CCCCC1=NC2(CCCC2)C(=O)N1Cc1ccc(-c2ccccc2S(=O)(=O)Nc2onc(C)c2C)c(N(C)C(=O)COC)c1. The predicted molar refractivity (Wildman–Crippen MR) is 173 cm³/mol. The first-order valence-corrected chi connectivity index (χ1v) is 16.8. The van der Waals surface area contributed by atoms with E-state index in [4.69, 9.17) is 14.3 Å². The van der Waals surface area contributed by atoms with E-state index in [1.54, 1.807) is 50.1 Å². The quantitative estimate of drug-likeness (QED) is 0.273. The summed E-state index contributed by atoms with van der Waals surface area (Å²) in [5.41, 5.74) is 2.71. The summed E-state index contributed by atoms with van der Waals surface area (Å²) in [5, 5.41) is 3.86. The maximum Gasteiger partial charge on any atom is 0.264 e. The van der Waals surface area contributed by atoms with Gasteiger partial charge in [-0.2, -0.15) is 0 Å². The number of nitrogens with one attached hydrogen (secondary N) is 1. The molecule has 1 fully saturated rings. The average molecular weight is 636 g/mol. The maximum absolute atomic E-state index is 13.8. The number of ether oxygens (including phenoxy) is 1. The first-order chi connectivity index (χ1) is 21.5. The van der Waals surface area contributed by atoms with E-state index >= 15 is 0 Å². The van der Waals surface area contributed by atoms with E-state index < -0.39 is 15.6 Å². The molecule has 0 bridgehead atoms. The molecule has 0 atom stereocenters. The van der Waals surface area contributed by atoms with Gasteiger partial charge >= 0.3 is 0 Å². The van der Waals surface area contributed by atoms with E-state index in [0.29, 0.717) is 34.6 Å². The lowest BCUT2D eigenvalue weighted by molar-refractivity contribution is -0.131. The lowest BCUT2D eigenvalue weighted by Crippen LogP contribution is -2.40. The van der Waals surface area contributed by atoms with Crippen molar-refractivity contribution in [1.82, 2.24) is 10.1 Å². The van der Waals surface area contributed by atoms with Crippen LogP contribution in [-0.4, -0.2) is 62.4 Å². The molecular formula is C33H41N5O6S. The Labute approximate surface area is 264 Å². The summed E-state index contributed by atoms with van der Waals surface area (Å²) < 4.78 is 40.3. The zero-order chi connectivity index (χ0) is 32.4. The van der Waals surface area contributed by atoms with Gasteiger partial charge < -0.3 is 14.2 Å². The number of aromatic nitrogens is 1. The molecule has 2 aliphatic rings. The van der Waals surface area contributed by atoms with Crippen LogP contribution >= 0.6 is 0 Å². The Morgan fingerprint density at radius 2 is 1.87 bits per heavy atom. The lowest BCUT2D eigenvalue weighted by Gasteiger charge is -2.25. The number of sulfonamides is 1. The van der Waals surface area contributed by atoms with Crippen molar-refractivity contribution in [3.05, 3.63) is 59.3 Å². The van der Waals surface area contributed by atoms with Gasteiger partial charge in [-0.15, -0.1) is 0 Å². The zero-order valence-corrected chi connectivity index (χ0v) is 27.4. The van der Waals surface area contributed by atoms with Crippen LogP contribution < -0.4 is 9.62 Å². The van der Waals surface area contributed by atoms with Gasteiger partial charge in [-0.05, 0) is 50.8 Å². The van der Waals surface area contributed by atoms with E-state index in [1.165, 1.54) is 18.1 Å². The predicted octanol–water partition coefficient (Wildman–Crippen LogP) is 5.61. The van der Waals surface area contributed by atoms with Crippen molar-refractivity contribution in [3.8, 4) is 11.1 Å². The van der Waals surface area contributed by atoms with Crippen molar-refractivity contribution in [1.29, 1.82) is 0 Å². The third kappa shape index (κ3) is 6.39. The molecule has 11 nitrogen and oxygen atoms in total. The van der Waals surface area contributed by atoms with Crippen molar-refractivity contribution < 1.29 is 27.3 Å².